The Morgan fingerprint density at radius 2 is 1.17 bits per heavy atom. The number of aryl methyl sites for hydroxylation is 2. The van der Waals surface area contributed by atoms with Gasteiger partial charge in [0.1, 0.15) is 0 Å². The Morgan fingerprint density at radius 3 is 1.44 bits per heavy atom. The summed E-state index contributed by atoms with van der Waals surface area (Å²) in [6.07, 6.45) is 0. The molecule has 0 aliphatic rings. The van der Waals surface area contributed by atoms with E-state index in [2.05, 4.69) is 38.1 Å². The van der Waals surface area contributed by atoms with Gasteiger partial charge in [0.2, 0.25) is 0 Å². The fourth-order valence-corrected chi connectivity index (χ4v) is 1.82. The predicted octanol–water partition coefficient (Wildman–Crippen LogP) is 2.79. The molecule has 0 amide bonds. The Balaban J connectivity index is 0.000000184. The van der Waals surface area contributed by atoms with Crippen molar-refractivity contribution in [1.29, 1.82) is 0 Å². The second kappa shape index (κ2) is 6.50. The van der Waals surface area contributed by atoms with Crippen molar-refractivity contribution in [2.75, 3.05) is 0 Å². The number of rotatable bonds is 1. The molecule has 0 atom stereocenters. The highest BCUT2D eigenvalue weighted by atomic mass is 31.2. The van der Waals surface area contributed by atoms with Gasteiger partial charge in [0.25, 0.3) is 0 Å². The fourth-order valence-electron chi connectivity index (χ4n) is 1.26. The van der Waals surface area contributed by atoms with Crippen LogP contribution in [0.5, 0.6) is 0 Å². The maximum Gasteiger partial charge on any atom is 0.356 e. The van der Waals surface area contributed by atoms with Gasteiger partial charge >= 0.3 is 7.60 Å². The zero-order chi connectivity index (χ0) is 13.6. The van der Waals surface area contributed by atoms with E-state index in [1.165, 1.54) is 23.3 Å². The first kappa shape index (κ1) is 14.7. The Morgan fingerprint density at radius 1 is 0.778 bits per heavy atom. The molecular weight excluding hydrogens is 247 g/mol. The third-order valence-electron chi connectivity index (χ3n) is 2.31. The van der Waals surface area contributed by atoms with Crippen molar-refractivity contribution in [3.63, 3.8) is 0 Å². The van der Waals surface area contributed by atoms with Gasteiger partial charge in [0, 0.05) is 0 Å². The second-order valence-electron chi connectivity index (χ2n) is 4.03. The van der Waals surface area contributed by atoms with Crippen LogP contribution in [0.25, 0.3) is 0 Å². The molecule has 0 saturated heterocycles. The van der Waals surface area contributed by atoms with Crippen LogP contribution in [0, 0.1) is 13.8 Å². The molecule has 0 fully saturated rings. The summed E-state index contributed by atoms with van der Waals surface area (Å²) in [6, 6.07) is 16.2. The minimum atomic E-state index is -4.02. The molecule has 2 aromatic rings. The predicted molar refractivity (Wildman–Crippen MR) is 74.0 cm³/mol. The molecule has 0 aromatic heterocycles. The summed E-state index contributed by atoms with van der Waals surface area (Å²) in [6.45, 7) is 4.19. The van der Waals surface area contributed by atoms with Crippen LogP contribution >= 0.6 is 7.60 Å². The van der Waals surface area contributed by atoms with Crippen LogP contribution in [0.2, 0.25) is 0 Å². The Labute approximate surface area is 107 Å². The molecule has 0 radical (unpaired) electrons. The number of benzene rings is 2. The van der Waals surface area contributed by atoms with Crippen LogP contribution in [0.3, 0.4) is 0 Å². The molecule has 2 rings (SSSR count). The SMILES string of the molecule is Cc1ccc(C)cc1.O=P(O)(O)c1ccccc1. The highest BCUT2D eigenvalue weighted by Crippen LogP contribution is 2.32. The summed E-state index contributed by atoms with van der Waals surface area (Å²) >= 11 is 0. The van der Waals surface area contributed by atoms with Gasteiger partial charge in [-0.1, -0.05) is 53.6 Å². The summed E-state index contributed by atoms with van der Waals surface area (Å²) in [5, 5.41) is 0.0648. The minimum absolute atomic E-state index is 0.0648. The lowest BCUT2D eigenvalue weighted by molar-refractivity contribution is 0.387. The van der Waals surface area contributed by atoms with Gasteiger partial charge in [-0.25, -0.2) is 0 Å². The third kappa shape index (κ3) is 5.28. The molecule has 3 nitrogen and oxygen atoms in total. The van der Waals surface area contributed by atoms with Crippen molar-refractivity contribution < 1.29 is 14.4 Å². The number of hydrogen-bond donors (Lipinski definition) is 2. The van der Waals surface area contributed by atoms with Gasteiger partial charge < -0.3 is 9.79 Å². The molecule has 2 N–H and O–H groups in total. The average Bonchev–Trinajstić information content (AvgIpc) is 2.34. The van der Waals surface area contributed by atoms with Crippen molar-refractivity contribution in [2.45, 2.75) is 13.8 Å². The molecule has 0 unspecified atom stereocenters. The maximum absolute atomic E-state index is 10.5. The summed E-state index contributed by atoms with van der Waals surface area (Å²) in [7, 11) is -4.02. The van der Waals surface area contributed by atoms with Crippen molar-refractivity contribution in [2.24, 2.45) is 0 Å². The van der Waals surface area contributed by atoms with Crippen LogP contribution in [0.1, 0.15) is 11.1 Å². The van der Waals surface area contributed by atoms with E-state index in [4.69, 9.17) is 9.79 Å². The summed E-state index contributed by atoms with van der Waals surface area (Å²) in [5.41, 5.74) is 2.66. The third-order valence-corrected chi connectivity index (χ3v) is 3.28. The van der Waals surface area contributed by atoms with E-state index in [1.54, 1.807) is 18.2 Å². The summed E-state index contributed by atoms with van der Waals surface area (Å²) < 4.78 is 10.5. The first-order valence-corrected chi connectivity index (χ1v) is 7.15. The van der Waals surface area contributed by atoms with Gasteiger partial charge in [-0.05, 0) is 26.0 Å². The Kier molecular flexibility index (Phi) is 5.29. The molecular formula is C14H17O3P. The summed E-state index contributed by atoms with van der Waals surface area (Å²) in [4.78, 5) is 17.2. The van der Waals surface area contributed by atoms with Crippen molar-refractivity contribution in [1.82, 2.24) is 0 Å². The van der Waals surface area contributed by atoms with Crippen molar-refractivity contribution >= 4 is 12.9 Å². The molecule has 0 aliphatic heterocycles. The topological polar surface area (TPSA) is 57.5 Å². The molecule has 0 aliphatic carbocycles. The first-order chi connectivity index (χ1) is 8.39. The quantitative estimate of drug-likeness (QED) is 0.779. The zero-order valence-electron chi connectivity index (χ0n) is 10.4. The van der Waals surface area contributed by atoms with E-state index in [0.717, 1.165) is 0 Å². The van der Waals surface area contributed by atoms with Crippen LogP contribution < -0.4 is 5.30 Å². The van der Waals surface area contributed by atoms with Crippen LogP contribution in [-0.4, -0.2) is 9.79 Å². The smallest absolute Gasteiger partial charge is 0.321 e. The van der Waals surface area contributed by atoms with Gasteiger partial charge in [0.05, 0.1) is 5.30 Å². The lowest BCUT2D eigenvalue weighted by Gasteiger charge is -2.00. The van der Waals surface area contributed by atoms with Crippen molar-refractivity contribution in [3.8, 4) is 0 Å². The average molecular weight is 264 g/mol. The molecule has 0 heterocycles. The molecule has 4 heteroatoms. The van der Waals surface area contributed by atoms with Crippen LogP contribution in [0.4, 0.5) is 0 Å². The largest absolute Gasteiger partial charge is 0.356 e. The van der Waals surface area contributed by atoms with E-state index in [-0.39, 0.29) is 5.30 Å². The Hall–Kier alpha value is -1.41. The van der Waals surface area contributed by atoms with E-state index in [9.17, 15) is 4.57 Å². The summed E-state index contributed by atoms with van der Waals surface area (Å²) in [5.74, 6) is 0. The van der Waals surface area contributed by atoms with Gasteiger partial charge in [-0.15, -0.1) is 0 Å². The first-order valence-electron chi connectivity index (χ1n) is 5.54. The van der Waals surface area contributed by atoms with Crippen LogP contribution in [-0.2, 0) is 4.57 Å². The second-order valence-corrected chi connectivity index (χ2v) is 5.64. The molecule has 96 valence electrons. The highest BCUT2D eigenvalue weighted by Gasteiger charge is 2.14. The standard InChI is InChI=1S/C8H10.C6H7O3P/c1-7-3-5-8(2)6-4-7;7-10(8,9)6-4-2-1-3-5-6/h3-6H,1-2H3;1-5H,(H2,7,8,9). The molecule has 18 heavy (non-hydrogen) atoms. The monoisotopic (exact) mass is 264 g/mol. The molecule has 0 spiro atoms. The van der Waals surface area contributed by atoms with E-state index < -0.39 is 7.60 Å². The molecule has 0 saturated carbocycles. The Bertz CT molecular complexity index is 493. The van der Waals surface area contributed by atoms with E-state index >= 15 is 0 Å². The van der Waals surface area contributed by atoms with Gasteiger partial charge in [-0.2, -0.15) is 0 Å². The lowest BCUT2D eigenvalue weighted by atomic mass is 10.2. The maximum atomic E-state index is 10.5. The van der Waals surface area contributed by atoms with Gasteiger partial charge in [0.15, 0.2) is 0 Å². The van der Waals surface area contributed by atoms with E-state index in [1.807, 2.05) is 0 Å². The molecule has 2 aromatic carbocycles. The normalized spacial score (nSPS) is 10.4. The minimum Gasteiger partial charge on any atom is -0.321 e. The van der Waals surface area contributed by atoms with Crippen molar-refractivity contribution in [3.05, 3.63) is 65.7 Å². The van der Waals surface area contributed by atoms with E-state index in [0.29, 0.717) is 0 Å². The fraction of sp³-hybridized carbons (Fsp3) is 0.143. The van der Waals surface area contributed by atoms with Crippen LogP contribution in [0.15, 0.2) is 54.6 Å². The van der Waals surface area contributed by atoms with Gasteiger partial charge in [-0.3, -0.25) is 4.57 Å². The lowest BCUT2D eigenvalue weighted by Crippen LogP contribution is -2.01. The zero-order valence-corrected chi connectivity index (χ0v) is 11.3. The molecule has 0 bridgehead atoms. The highest BCUT2D eigenvalue weighted by molar-refractivity contribution is 7.60. The number of hydrogen-bond acceptors (Lipinski definition) is 1.